The van der Waals surface area contributed by atoms with Gasteiger partial charge in [-0.15, -0.1) is 10.2 Å². The first-order chi connectivity index (χ1) is 10.4. The molecule has 2 N–H and O–H groups in total. The zero-order chi connectivity index (χ0) is 17.8. The van der Waals surface area contributed by atoms with Crippen LogP contribution in [0.1, 0.15) is 5.01 Å². The molecule has 1 aliphatic rings. The number of carbonyl (C=O) groups excluding carboxylic acids is 1. The van der Waals surface area contributed by atoms with E-state index in [1.54, 1.807) is 6.92 Å². The minimum atomic E-state index is -5.08. The number of piperazine rings is 1. The highest BCUT2D eigenvalue weighted by Crippen LogP contribution is 2.19. The van der Waals surface area contributed by atoms with E-state index in [2.05, 4.69) is 15.5 Å². The van der Waals surface area contributed by atoms with Crippen LogP contribution < -0.4 is 5.32 Å². The second kappa shape index (κ2) is 7.18. The first-order valence-corrected chi connectivity index (χ1v) is 8.07. The lowest BCUT2D eigenvalue weighted by molar-refractivity contribution is -0.192. The molecule has 0 saturated carbocycles. The molecule has 1 fully saturated rings. The molecule has 1 aliphatic heterocycles. The maximum absolute atomic E-state index is 12.0. The largest absolute Gasteiger partial charge is 0.490 e. The number of amides is 1. The van der Waals surface area contributed by atoms with Crippen molar-refractivity contribution in [1.82, 2.24) is 19.8 Å². The average molecular weight is 376 g/mol. The quantitative estimate of drug-likeness (QED) is 0.718. The number of alkyl halides is 3. The molecule has 1 aromatic heterocycles. The molecule has 9 nitrogen and oxygen atoms in total. The topological polar surface area (TPSA) is 130 Å². The van der Waals surface area contributed by atoms with Crippen molar-refractivity contribution in [3.05, 3.63) is 5.01 Å². The molecule has 1 amide bonds. The van der Waals surface area contributed by atoms with Gasteiger partial charge in [-0.1, -0.05) is 11.3 Å². The summed E-state index contributed by atoms with van der Waals surface area (Å²) in [4.78, 5) is 20.0. The van der Waals surface area contributed by atoms with Crippen LogP contribution in [0.25, 0.3) is 0 Å². The number of aromatic nitrogens is 2. The predicted molar refractivity (Wildman–Crippen MR) is 70.1 cm³/mol. The van der Waals surface area contributed by atoms with Crippen LogP contribution in [0.15, 0.2) is 4.34 Å². The molecule has 0 atom stereocenters. The Morgan fingerprint density at radius 3 is 2.35 bits per heavy atom. The third-order valence-corrected chi connectivity index (χ3v) is 5.34. The molecule has 130 valence electrons. The minimum Gasteiger partial charge on any atom is -0.475 e. The lowest BCUT2D eigenvalue weighted by atomic mass is 10.4. The van der Waals surface area contributed by atoms with E-state index >= 15 is 0 Å². The van der Waals surface area contributed by atoms with Gasteiger partial charge in [0.1, 0.15) is 5.01 Å². The molecule has 23 heavy (non-hydrogen) atoms. The summed E-state index contributed by atoms with van der Waals surface area (Å²) in [5.41, 5.74) is 0. The molecule has 0 aliphatic carbocycles. The number of carbonyl (C=O) groups is 2. The zero-order valence-corrected chi connectivity index (χ0v) is 13.1. The summed E-state index contributed by atoms with van der Waals surface area (Å²) in [6.45, 7) is 2.13. The van der Waals surface area contributed by atoms with Crippen LogP contribution in [-0.4, -0.2) is 65.7 Å². The Kier molecular flexibility index (Phi) is 6.01. The predicted octanol–water partition coefficient (Wildman–Crippen LogP) is -0.400. The first kappa shape index (κ1) is 19.2. The summed E-state index contributed by atoms with van der Waals surface area (Å²) in [7, 11) is -3.66. The van der Waals surface area contributed by atoms with E-state index < -0.39 is 22.2 Å². The molecule has 1 aromatic rings. The van der Waals surface area contributed by atoms with Crippen molar-refractivity contribution in [3.8, 4) is 0 Å². The highest BCUT2D eigenvalue weighted by Gasteiger charge is 2.38. The fourth-order valence-corrected chi connectivity index (χ4v) is 3.81. The Balaban J connectivity index is 0.000000322. The fraction of sp³-hybridized carbons (Fsp3) is 0.556. The maximum atomic E-state index is 12.0. The van der Waals surface area contributed by atoms with E-state index in [4.69, 9.17) is 9.90 Å². The third kappa shape index (κ3) is 5.40. The number of nitrogens with zero attached hydrogens (tertiary/aromatic N) is 3. The van der Waals surface area contributed by atoms with Gasteiger partial charge in [0.05, 0.1) is 6.54 Å². The maximum Gasteiger partial charge on any atom is 0.490 e. The lowest BCUT2D eigenvalue weighted by Gasteiger charge is -2.24. The highest BCUT2D eigenvalue weighted by atomic mass is 32.2. The van der Waals surface area contributed by atoms with Crippen LogP contribution in [0, 0.1) is 6.92 Å². The summed E-state index contributed by atoms with van der Waals surface area (Å²) in [6, 6.07) is 0. The van der Waals surface area contributed by atoms with Gasteiger partial charge in [-0.3, -0.25) is 4.79 Å². The van der Waals surface area contributed by atoms with Crippen molar-refractivity contribution < 1.29 is 36.3 Å². The van der Waals surface area contributed by atoms with E-state index in [1.807, 2.05) is 0 Å². The summed E-state index contributed by atoms with van der Waals surface area (Å²) in [5, 5.41) is 17.5. The highest BCUT2D eigenvalue weighted by molar-refractivity contribution is 7.91. The van der Waals surface area contributed by atoms with Gasteiger partial charge in [0.25, 0.3) is 10.0 Å². The van der Waals surface area contributed by atoms with E-state index in [-0.39, 0.29) is 23.3 Å². The molecule has 2 rings (SSSR count). The zero-order valence-electron chi connectivity index (χ0n) is 11.5. The van der Waals surface area contributed by atoms with Gasteiger partial charge >= 0.3 is 12.1 Å². The van der Waals surface area contributed by atoms with Gasteiger partial charge in [-0.05, 0) is 6.92 Å². The first-order valence-electron chi connectivity index (χ1n) is 5.81. The van der Waals surface area contributed by atoms with E-state index in [9.17, 15) is 26.4 Å². The number of halogens is 3. The molecule has 0 radical (unpaired) electrons. The van der Waals surface area contributed by atoms with Crippen LogP contribution in [0.3, 0.4) is 0 Å². The number of carboxylic acids is 1. The summed E-state index contributed by atoms with van der Waals surface area (Å²) in [6.07, 6.45) is -5.08. The summed E-state index contributed by atoms with van der Waals surface area (Å²) >= 11 is 1.01. The fourth-order valence-electron chi connectivity index (χ4n) is 1.31. The molecular formula is C9H11F3N4O5S2. The molecule has 0 spiro atoms. The Hall–Kier alpha value is -1.80. The van der Waals surface area contributed by atoms with Gasteiger partial charge in [0.2, 0.25) is 10.2 Å². The Morgan fingerprint density at radius 2 is 1.96 bits per heavy atom. The lowest BCUT2D eigenvalue weighted by Crippen LogP contribution is -2.49. The normalized spacial score (nSPS) is 16.3. The van der Waals surface area contributed by atoms with E-state index in [0.29, 0.717) is 11.6 Å². The second-order valence-corrected chi connectivity index (χ2v) is 7.37. The third-order valence-electron chi connectivity index (χ3n) is 2.31. The van der Waals surface area contributed by atoms with Crippen molar-refractivity contribution in [3.63, 3.8) is 0 Å². The number of hydrogen-bond donors (Lipinski definition) is 2. The van der Waals surface area contributed by atoms with Crippen LogP contribution in [-0.2, 0) is 19.6 Å². The number of nitrogens with one attached hydrogen (secondary N) is 1. The second-order valence-electron chi connectivity index (χ2n) is 4.08. The van der Waals surface area contributed by atoms with Gasteiger partial charge in [0.15, 0.2) is 0 Å². The van der Waals surface area contributed by atoms with Crippen molar-refractivity contribution >= 4 is 33.2 Å². The van der Waals surface area contributed by atoms with Gasteiger partial charge in [-0.25, -0.2) is 13.2 Å². The van der Waals surface area contributed by atoms with Gasteiger partial charge < -0.3 is 10.4 Å². The molecule has 2 heterocycles. The minimum absolute atomic E-state index is 0.0558. The van der Waals surface area contributed by atoms with Crippen molar-refractivity contribution in [2.45, 2.75) is 17.4 Å². The Morgan fingerprint density at radius 1 is 1.39 bits per heavy atom. The molecule has 0 aromatic carbocycles. The number of sulfonamides is 1. The molecule has 14 heteroatoms. The standard InChI is InChI=1S/C7H10N4O3S2.C2HF3O2/c1-5-9-10-7(15-5)16(13,14)11-3-2-8-6(12)4-11;3-2(4,5)1(6)7/h2-4H2,1H3,(H,8,12);(H,6,7). The monoisotopic (exact) mass is 376 g/mol. The number of rotatable bonds is 2. The van der Waals surface area contributed by atoms with Gasteiger partial charge in [0, 0.05) is 13.1 Å². The SMILES string of the molecule is Cc1nnc(S(=O)(=O)N2CCNC(=O)C2)s1.O=C(O)C(F)(F)F. The molecule has 1 saturated heterocycles. The summed E-state index contributed by atoms with van der Waals surface area (Å²) < 4.78 is 56.8. The Labute approximate surface area is 132 Å². The number of carboxylic acid groups (broad SMARTS) is 1. The van der Waals surface area contributed by atoms with Crippen LogP contribution in [0.4, 0.5) is 13.2 Å². The van der Waals surface area contributed by atoms with E-state index in [0.717, 1.165) is 15.6 Å². The smallest absolute Gasteiger partial charge is 0.475 e. The number of aliphatic carboxylic acids is 1. The van der Waals surface area contributed by atoms with Gasteiger partial charge in [-0.2, -0.15) is 17.5 Å². The molecular weight excluding hydrogens is 365 g/mol. The number of aryl methyl sites for hydroxylation is 1. The Bertz CT molecular complexity index is 688. The molecule has 0 bridgehead atoms. The number of hydrogen-bond acceptors (Lipinski definition) is 7. The van der Waals surface area contributed by atoms with Crippen LogP contribution in [0.2, 0.25) is 0 Å². The van der Waals surface area contributed by atoms with E-state index in [1.165, 1.54) is 0 Å². The van der Waals surface area contributed by atoms with Crippen molar-refractivity contribution in [2.75, 3.05) is 19.6 Å². The van der Waals surface area contributed by atoms with Crippen molar-refractivity contribution in [1.29, 1.82) is 0 Å². The van der Waals surface area contributed by atoms with Crippen LogP contribution in [0.5, 0.6) is 0 Å². The van der Waals surface area contributed by atoms with Crippen LogP contribution >= 0.6 is 11.3 Å². The molecule has 0 unspecified atom stereocenters. The van der Waals surface area contributed by atoms with Crippen molar-refractivity contribution in [2.24, 2.45) is 0 Å². The summed E-state index contributed by atoms with van der Waals surface area (Å²) in [5.74, 6) is -3.05. The average Bonchev–Trinajstić information content (AvgIpc) is 2.86.